The summed E-state index contributed by atoms with van der Waals surface area (Å²) in [5.74, 6) is 0.242. The maximum Gasteiger partial charge on any atom is 0.270 e. The summed E-state index contributed by atoms with van der Waals surface area (Å²) in [5, 5.41) is 3.06. The summed E-state index contributed by atoms with van der Waals surface area (Å²) in [4.78, 5) is 15.5. The number of hydrogen-bond acceptors (Lipinski definition) is 3. The van der Waals surface area contributed by atoms with E-state index < -0.39 is 0 Å². The zero-order valence-electron chi connectivity index (χ0n) is 12.4. The van der Waals surface area contributed by atoms with Gasteiger partial charge in [-0.25, -0.2) is 0 Å². The molecular weight excluding hydrogens is 298 g/mol. The summed E-state index contributed by atoms with van der Waals surface area (Å²) < 4.78 is 7.64. The fourth-order valence-electron chi connectivity index (χ4n) is 2.71. The highest BCUT2D eigenvalue weighted by atomic mass is 32.1. The first-order valence-corrected chi connectivity index (χ1v) is 7.82. The van der Waals surface area contributed by atoms with Crippen LogP contribution in [0.3, 0.4) is 0 Å². The molecular formula is C16H19N3O2S. The van der Waals surface area contributed by atoms with Crippen molar-refractivity contribution in [3.63, 3.8) is 0 Å². The van der Waals surface area contributed by atoms with Gasteiger partial charge in [0.1, 0.15) is 5.69 Å². The van der Waals surface area contributed by atoms with Gasteiger partial charge in [0.25, 0.3) is 5.91 Å². The van der Waals surface area contributed by atoms with Crippen LogP contribution in [0.2, 0.25) is 0 Å². The molecule has 0 saturated carbocycles. The third-order valence-electron chi connectivity index (χ3n) is 4.05. The lowest BCUT2D eigenvalue weighted by molar-refractivity contribution is 0.0915. The second-order valence-electron chi connectivity index (χ2n) is 5.54. The molecule has 0 spiro atoms. The highest BCUT2D eigenvalue weighted by molar-refractivity contribution is 7.71. The molecule has 1 aromatic carbocycles. The number of aromatic amines is 1. The number of carbonyl (C=O) groups is 1. The van der Waals surface area contributed by atoms with Gasteiger partial charge >= 0.3 is 0 Å². The minimum Gasteiger partial charge on any atom is -0.381 e. The van der Waals surface area contributed by atoms with Gasteiger partial charge < -0.3 is 15.0 Å². The number of aromatic nitrogens is 2. The van der Waals surface area contributed by atoms with Gasteiger partial charge in [0.15, 0.2) is 4.77 Å². The first-order chi connectivity index (χ1) is 10.7. The second-order valence-corrected chi connectivity index (χ2v) is 5.92. The maximum absolute atomic E-state index is 12.6. The van der Waals surface area contributed by atoms with E-state index in [4.69, 9.17) is 17.0 Å². The highest BCUT2D eigenvalue weighted by Gasteiger charge is 2.25. The summed E-state index contributed by atoms with van der Waals surface area (Å²) in [6.07, 6.45) is 2.64. The van der Waals surface area contributed by atoms with Gasteiger partial charge in [-0.15, -0.1) is 0 Å². The average Bonchev–Trinajstić information content (AvgIpc) is 3.17. The molecule has 3 rings (SSSR count). The molecule has 6 heteroatoms. The van der Waals surface area contributed by atoms with Crippen LogP contribution in [-0.4, -0.2) is 34.7 Å². The first kappa shape index (κ1) is 15.0. The lowest BCUT2D eigenvalue weighted by atomic mass is 10.0. The molecule has 0 radical (unpaired) electrons. The first-order valence-electron chi connectivity index (χ1n) is 7.41. The molecule has 2 aromatic rings. The van der Waals surface area contributed by atoms with Gasteiger partial charge in [-0.2, -0.15) is 0 Å². The molecule has 2 N–H and O–H groups in total. The van der Waals surface area contributed by atoms with Crippen molar-refractivity contribution in [2.45, 2.75) is 19.4 Å². The largest absolute Gasteiger partial charge is 0.381 e. The van der Waals surface area contributed by atoms with Crippen molar-refractivity contribution >= 4 is 18.1 Å². The van der Waals surface area contributed by atoms with E-state index in [-0.39, 0.29) is 11.9 Å². The smallest absolute Gasteiger partial charge is 0.270 e. The van der Waals surface area contributed by atoms with Crippen LogP contribution < -0.4 is 5.32 Å². The van der Waals surface area contributed by atoms with Crippen LogP contribution in [0.5, 0.6) is 0 Å². The van der Waals surface area contributed by atoms with Gasteiger partial charge in [0.2, 0.25) is 0 Å². The maximum atomic E-state index is 12.6. The summed E-state index contributed by atoms with van der Waals surface area (Å²) in [7, 11) is 0. The Hall–Kier alpha value is -1.92. The Kier molecular flexibility index (Phi) is 4.40. The van der Waals surface area contributed by atoms with E-state index in [1.807, 2.05) is 37.3 Å². The monoisotopic (exact) mass is 317 g/mol. The molecule has 116 valence electrons. The number of nitrogens with one attached hydrogen (secondary N) is 2. The highest BCUT2D eigenvalue weighted by Crippen LogP contribution is 2.18. The Morgan fingerprint density at radius 3 is 2.91 bits per heavy atom. The van der Waals surface area contributed by atoms with Gasteiger partial charge in [-0.1, -0.05) is 18.2 Å². The van der Waals surface area contributed by atoms with Crippen LogP contribution in [0, 0.1) is 10.7 Å². The minimum absolute atomic E-state index is 0.0719. The predicted molar refractivity (Wildman–Crippen MR) is 86.8 cm³/mol. The quantitative estimate of drug-likeness (QED) is 0.853. The van der Waals surface area contributed by atoms with Gasteiger partial charge in [0.05, 0.1) is 6.61 Å². The number of ether oxygens (including phenoxy) is 1. The molecule has 1 aromatic heterocycles. The number of rotatable bonds is 4. The summed E-state index contributed by atoms with van der Waals surface area (Å²) in [6, 6.07) is 9.70. The van der Waals surface area contributed by atoms with Crippen LogP contribution in [-0.2, 0) is 4.74 Å². The predicted octanol–water partition coefficient (Wildman–Crippen LogP) is 2.69. The minimum atomic E-state index is -0.129. The standard InChI is InChI=1S/C16H19N3O2S/c1-11(12-7-8-21-10-12)18-15(20)14-9-17-16(22)19(14)13-5-3-2-4-6-13/h2-6,9,11-12H,7-8,10H2,1H3,(H,17,22)(H,18,20)/t11-,12+/m1/s1. The molecule has 1 aliphatic rings. The summed E-state index contributed by atoms with van der Waals surface area (Å²) in [6.45, 7) is 3.50. The molecule has 1 saturated heterocycles. The topological polar surface area (TPSA) is 59.0 Å². The lowest BCUT2D eigenvalue weighted by Gasteiger charge is -2.19. The number of para-hydroxylation sites is 1. The average molecular weight is 317 g/mol. The number of hydrogen-bond donors (Lipinski definition) is 2. The number of amides is 1. The molecule has 1 fully saturated rings. The number of benzene rings is 1. The van der Waals surface area contributed by atoms with Crippen molar-refractivity contribution in [2.24, 2.45) is 5.92 Å². The molecule has 0 unspecified atom stereocenters. The molecule has 0 aliphatic carbocycles. The van der Waals surface area contributed by atoms with E-state index in [1.165, 1.54) is 0 Å². The third kappa shape index (κ3) is 2.98. The Morgan fingerprint density at radius 1 is 1.45 bits per heavy atom. The summed E-state index contributed by atoms with van der Waals surface area (Å²) >= 11 is 5.30. The third-order valence-corrected chi connectivity index (χ3v) is 4.35. The van der Waals surface area contributed by atoms with Crippen molar-refractivity contribution < 1.29 is 9.53 Å². The van der Waals surface area contributed by atoms with Crippen molar-refractivity contribution in [3.8, 4) is 5.69 Å². The van der Waals surface area contributed by atoms with Crippen LogP contribution in [0.25, 0.3) is 5.69 Å². The van der Waals surface area contributed by atoms with E-state index >= 15 is 0 Å². The zero-order chi connectivity index (χ0) is 15.5. The Morgan fingerprint density at radius 2 is 2.23 bits per heavy atom. The number of nitrogens with zero attached hydrogens (tertiary/aromatic N) is 1. The number of carbonyl (C=O) groups excluding carboxylic acids is 1. The molecule has 1 amide bonds. The molecule has 2 heterocycles. The molecule has 1 aliphatic heterocycles. The Balaban J connectivity index is 1.83. The Bertz CT molecular complexity index is 702. The van der Waals surface area contributed by atoms with Crippen molar-refractivity contribution in [1.82, 2.24) is 14.9 Å². The van der Waals surface area contributed by atoms with Gasteiger partial charge in [-0.3, -0.25) is 9.36 Å². The molecule has 2 atom stereocenters. The molecule has 5 nitrogen and oxygen atoms in total. The van der Waals surface area contributed by atoms with Crippen LogP contribution >= 0.6 is 12.2 Å². The molecule has 22 heavy (non-hydrogen) atoms. The van der Waals surface area contributed by atoms with Crippen LogP contribution in [0.4, 0.5) is 0 Å². The number of imidazole rings is 1. The number of H-pyrrole nitrogens is 1. The van der Waals surface area contributed by atoms with E-state index in [1.54, 1.807) is 10.8 Å². The van der Waals surface area contributed by atoms with Gasteiger partial charge in [0, 0.05) is 30.5 Å². The lowest BCUT2D eigenvalue weighted by Crippen LogP contribution is -2.39. The fourth-order valence-corrected chi connectivity index (χ4v) is 2.98. The molecule has 0 bridgehead atoms. The van der Waals surface area contributed by atoms with E-state index in [0.29, 0.717) is 23.0 Å². The van der Waals surface area contributed by atoms with Crippen molar-refractivity contribution in [3.05, 3.63) is 47.0 Å². The van der Waals surface area contributed by atoms with Gasteiger partial charge in [-0.05, 0) is 37.7 Å². The zero-order valence-corrected chi connectivity index (χ0v) is 13.2. The van der Waals surface area contributed by atoms with Crippen LogP contribution in [0.1, 0.15) is 23.8 Å². The van der Waals surface area contributed by atoms with Crippen LogP contribution in [0.15, 0.2) is 36.5 Å². The van der Waals surface area contributed by atoms with Crippen molar-refractivity contribution in [2.75, 3.05) is 13.2 Å². The SMILES string of the molecule is C[C@@H](NC(=O)c1c[nH]c(=S)n1-c1ccccc1)[C@H]1CCOC1. The second kappa shape index (κ2) is 6.46. The summed E-state index contributed by atoms with van der Waals surface area (Å²) in [5.41, 5.74) is 1.39. The van der Waals surface area contributed by atoms with E-state index in [9.17, 15) is 4.79 Å². The van der Waals surface area contributed by atoms with Crippen molar-refractivity contribution in [1.29, 1.82) is 0 Å². The van der Waals surface area contributed by atoms with E-state index in [0.717, 1.165) is 18.7 Å². The fraction of sp³-hybridized carbons (Fsp3) is 0.375. The van der Waals surface area contributed by atoms with E-state index in [2.05, 4.69) is 10.3 Å². The Labute approximate surface area is 134 Å². The normalized spacial score (nSPS) is 19.0.